The highest BCUT2D eigenvalue weighted by Gasteiger charge is 2.63. The average molecular weight is 1320 g/mol. The number of ether oxygens (including phenoxy) is 8. The van der Waals surface area contributed by atoms with Crippen LogP contribution < -0.4 is 29.6 Å². The molecule has 0 bridgehead atoms. The van der Waals surface area contributed by atoms with Crippen LogP contribution in [0.15, 0.2) is 59.8 Å². The lowest BCUT2D eigenvalue weighted by molar-refractivity contribution is -0.149. The first-order valence-electron chi connectivity index (χ1n) is 31.6. The molecule has 2 N–H and O–H groups in total. The Bertz CT molecular complexity index is 3830. The summed E-state index contributed by atoms with van der Waals surface area (Å²) in [4.78, 5) is 103. The van der Waals surface area contributed by atoms with Gasteiger partial charge in [-0.1, -0.05) is 47.1 Å². The zero-order valence-corrected chi connectivity index (χ0v) is 58.0. The smallest absolute Gasteiger partial charge is 0.411 e. The summed E-state index contributed by atoms with van der Waals surface area (Å²) in [7, 11) is 4.55. The summed E-state index contributed by atoms with van der Waals surface area (Å²) in [5, 5.41) is 13.0. The van der Waals surface area contributed by atoms with E-state index in [0.717, 1.165) is 43.3 Å². The van der Waals surface area contributed by atoms with E-state index in [1.54, 1.807) is 68.8 Å². The molecule has 2 aromatic carbocycles. The molecule has 2 aliphatic carbocycles. The van der Waals surface area contributed by atoms with Gasteiger partial charge >= 0.3 is 24.1 Å². The highest BCUT2D eigenvalue weighted by Crippen LogP contribution is 2.48. The topological polar surface area (TPSA) is 258 Å². The summed E-state index contributed by atoms with van der Waals surface area (Å²) >= 11 is 3.03. The molecule has 24 heteroatoms. The first-order valence-corrected chi connectivity index (χ1v) is 33.4. The van der Waals surface area contributed by atoms with E-state index in [0.29, 0.717) is 64.7 Å². The molecule has 2 saturated heterocycles. The summed E-state index contributed by atoms with van der Waals surface area (Å²) < 4.78 is 46.2. The fourth-order valence-corrected chi connectivity index (χ4v) is 13.8. The van der Waals surface area contributed by atoms with Gasteiger partial charge in [0.15, 0.2) is 0 Å². The number of methoxy groups -OCH3 is 3. The van der Waals surface area contributed by atoms with E-state index >= 15 is 0 Å². The predicted molar refractivity (Wildman–Crippen MR) is 355 cm³/mol. The van der Waals surface area contributed by atoms with E-state index in [1.807, 2.05) is 67.9 Å². The minimum Gasteiger partial charge on any atom is -0.496 e. The number of fused-ring (bicyclic) bond motifs is 2. The molecule has 4 fully saturated rings. The molecule has 6 aromatic rings. The third-order valence-electron chi connectivity index (χ3n) is 17.2. The minimum absolute atomic E-state index is 0.0313. The van der Waals surface area contributed by atoms with Gasteiger partial charge in [-0.2, -0.15) is 0 Å². The number of pyridine rings is 2. The summed E-state index contributed by atoms with van der Waals surface area (Å²) in [6.45, 7) is 30.8. The zero-order chi connectivity index (χ0) is 67.8. The van der Waals surface area contributed by atoms with Crippen molar-refractivity contribution in [3.05, 3.63) is 82.3 Å². The maximum absolute atomic E-state index is 13.9. The molecule has 8 atom stereocenters. The van der Waals surface area contributed by atoms with Crippen molar-refractivity contribution in [3.8, 4) is 44.4 Å². The molecule has 2 saturated carbocycles. The van der Waals surface area contributed by atoms with Crippen molar-refractivity contribution in [1.29, 1.82) is 0 Å². The molecule has 0 unspecified atom stereocenters. The van der Waals surface area contributed by atoms with E-state index in [4.69, 9.17) is 57.8 Å². The van der Waals surface area contributed by atoms with Crippen LogP contribution in [-0.2, 0) is 38.1 Å². The van der Waals surface area contributed by atoms with Crippen LogP contribution in [0.25, 0.3) is 43.2 Å². The largest absolute Gasteiger partial charge is 0.496 e. The van der Waals surface area contributed by atoms with Crippen molar-refractivity contribution in [1.82, 2.24) is 40.4 Å². The number of carbonyl (C=O) groups excluding carboxylic acids is 6. The first kappa shape index (κ1) is 69.2. The first-order chi connectivity index (χ1) is 43.9. The molecule has 0 radical (unpaired) electrons. The molecule has 4 aromatic heterocycles. The van der Waals surface area contributed by atoms with Gasteiger partial charge in [-0.15, -0.1) is 29.3 Å². The normalized spacial score (nSPS) is 22.4. The van der Waals surface area contributed by atoms with Crippen molar-refractivity contribution in [3.63, 3.8) is 0 Å². The lowest BCUT2D eigenvalue weighted by atomic mass is 10.1. The molecule has 4 amide bonds. The van der Waals surface area contributed by atoms with Gasteiger partial charge in [0.1, 0.15) is 91.0 Å². The number of carbonyl (C=O) groups is 6. The van der Waals surface area contributed by atoms with Crippen LogP contribution in [0.2, 0.25) is 0 Å². The molecule has 10 rings (SSSR count). The molecule has 2 aliphatic heterocycles. The number of nitrogens with zero attached hydrogens (tertiary/aromatic N) is 6. The number of amides is 4. The number of thiazole rings is 2. The quantitative estimate of drug-likeness (QED) is 0.0434. The Morgan fingerprint density at radius 1 is 0.645 bits per heavy atom. The van der Waals surface area contributed by atoms with Gasteiger partial charge in [0.2, 0.25) is 11.8 Å². The van der Waals surface area contributed by atoms with Gasteiger partial charge in [0, 0.05) is 63.6 Å². The summed E-state index contributed by atoms with van der Waals surface area (Å²) in [6.07, 6.45) is 1.19. The molecule has 4 aliphatic rings. The predicted octanol–water partition coefficient (Wildman–Crippen LogP) is 12.2. The van der Waals surface area contributed by atoms with E-state index in [1.165, 1.54) is 39.6 Å². The number of nitrogens with one attached hydrogen (secondary N) is 2. The summed E-state index contributed by atoms with van der Waals surface area (Å²) in [5.74, 6) is 0.806. The maximum atomic E-state index is 13.9. The van der Waals surface area contributed by atoms with Gasteiger partial charge in [0.25, 0.3) is 0 Å². The Kier molecular flexibility index (Phi) is 20.4. The molecule has 93 heavy (non-hydrogen) atoms. The van der Waals surface area contributed by atoms with Crippen LogP contribution in [0.1, 0.15) is 150 Å². The minimum atomic E-state index is -1.21. The molecule has 500 valence electrons. The van der Waals surface area contributed by atoms with Crippen molar-refractivity contribution in [2.24, 2.45) is 11.8 Å². The van der Waals surface area contributed by atoms with E-state index in [-0.39, 0.29) is 56.2 Å². The number of likely N-dealkylation sites (tertiary alicyclic amines) is 2. The molecular weight excluding hydrogens is 1230 g/mol. The van der Waals surface area contributed by atoms with Gasteiger partial charge < -0.3 is 48.5 Å². The Hall–Kier alpha value is -8.12. The Balaban J connectivity index is 0.000000219. The number of hydrogen-bond acceptors (Lipinski definition) is 20. The van der Waals surface area contributed by atoms with Crippen molar-refractivity contribution >= 4 is 80.4 Å². The zero-order valence-electron chi connectivity index (χ0n) is 56.4. The van der Waals surface area contributed by atoms with Crippen LogP contribution in [0.4, 0.5) is 9.59 Å². The number of benzene rings is 2. The third kappa shape index (κ3) is 14.8. The number of aryl methyl sites for hydroxylation is 2. The second kappa shape index (κ2) is 27.4. The fourth-order valence-electron chi connectivity index (χ4n) is 11.9. The van der Waals surface area contributed by atoms with Crippen molar-refractivity contribution in [2.45, 2.75) is 187 Å². The van der Waals surface area contributed by atoms with Crippen LogP contribution >= 0.6 is 22.7 Å². The van der Waals surface area contributed by atoms with E-state index in [9.17, 15) is 28.8 Å². The monoisotopic (exact) mass is 1320 g/mol. The molecule has 0 spiro atoms. The van der Waals surface area contributed by atoms with Crippen molar-refractivity contribution < 1.29 is 66.7 Å². The lowest BCUT2D eigenvalue weighted by Gasteiger charge is -2.28. The number of esters is 2. The van der Waals surface area contributed by atoms with Gasteiger partial charge in [0.05, 0.1) is 63.4 Å². The van der Waals surface area contributed by atoms with Crippen molar-refractivity contribution in [2.75, 3.05) is 41.0 Å². The highest BCUT2D eigenvalue weighted by molar-refractivity contribution is 7.13. The Labute approximate surface area is 551 Å². The fraction of sp³-hybridized carbons (Fsp3) is 0.536. The van der Waals surface area contributed by atoms with Gasteiger partial charge in [-0.05, 0) is 117 Å². The second-order valence-electron chi connectivity index (χ2n) is 26.8. The number of aromatic nitrogens is 4. The number of rotatable bonds is 19. The molecular formula is C69H88N8O14S2. The van der Waals surface area contributed by atoms with Crippen LogP contribution in [0, 0.1) is 25.7 Å². The molecule has 22 nitrogen and oxygen atoms in total. The summed E-state index contributed by atoms with van der Waals surface area (Å²) in [6, 6.07) is 9.39. The van der Waals surface area contributed by atoms with E-state index < -0.39 is 82.5 Å². The van der Waals surface area contributed by atoms with Crippen LogP contribution in [0.3, 0.4) is 0 Å². The Morgan fingerprint density at radius 3 is 1.43 bits per heavy atom. The highest BCUT2D eigenvalue weighted by atomic mass is 32.1. The third-order valence-corrected chi connectivity index (χ3v) is 18.9. The van der Waals surface area contributed by atoms with Crippen LogP contribution in [-0.4, -0.2) is 153 Å². The van der Waals surface area contributed by atoms with E-state index in [2.05, 4.69) is 44.9 Å². The summed E-state index contributed by atoms with van der Waals surface area (Å²) in [5.41, 5.74) is 2.53. The molecule has 6 heterocycles. The SMILES string of the molecule is C=C[C@@H]1C[C@]1(NC(=O)[C@@H]1C[C@@H](Oc2cc(-c3nc(C(C)C)cs3)nc3c(C)c(OC)ccc23)CN1C(=O)OC(C)(C)C)C(=O)OCC.CC[C@@H]1C[C@]1(NC(=O)[C@@H]1C[C@@H](Oc2cc(-c3nc(C(C)C)cs3)nc3c(C)c(OC)ccc23)CN1C(=O)OC(C)(C)C)C(=O)OC. The van der Waals surface area contributed by atoms with Gasteiger partial charge in [-0.25, -0.2) is 39.1 Å². The van der Waals surface area contributed by atoms with Gasteiger partial charge in [-0.3, -0.25) is 19.4 Å². The Morgan fingerprint density at radius 2 is 1.09 bits per heavy atom. The maximum Gasteiger partial charge on any atom is 0.411 e. The average Bonchev–Trinajstić information content (AvgIpc) is 1.59. The standard InChI is InChI=1S/C35H44N4O7S.C34H44N4O7S/c1-10-21-16-35(21,32(41)44-11-2)38-30(40)26-14-22(17-39(26)33(42)46-34(6,7)8)45-28-15-24(31-37-25(18-47-31)19(3)4)36-29-20(5)27(43-9)13-12-23(28)29;1-10-20-15-34(20,31(40)43-9)37-29(39)25-13-21(16-38(25)32(41)45-33(5,6)7)44-27-14-23(30-36-24(17-46-30)18(2)3)35-28-19(4)26(42-8)12-11-22(27)28/h10,12-13,15,18-19,21-22,26H,1,11,14,16-17H2,2-9H3,(H,38,40);11-12,14,17-18,20-21,25H,10,13,15-16H2,1-9H3,(H,37,39)/t21-,22-,26+,35-;20-,21-,25+,34-/m11/s1. The second-order valence-corrected chi connectivity index (χ2v) is 28.5. The number of hydrogen-bond donors (Lipinski definition) is 2. The van der Waals surface area contributed by atoms with Crippen LogP contribution in [0.5, 0.6) is 23.0 Å². The lowest BCUT2D eigenvalue weighted by Crippen LogP contribution is -2.53.